The van der Waals surface area contributed by atoms with Crippen LogP contribution in [0, 0.1) is 6.92 Å². The van der Waals surface area contributed by atoms with E-state index in [1.165, 1.54) is 0 Å². The number of benzene rings is 2. The van der Waals surface area contributed by atoms with Crippen molar-refractivity contribution in [3.8, 4) is 11.5 Å². The lowest BCUT2D eigenvalue weighted by molar-refractivity contribution is -0.134. The van der Waals surface area contributed by atoms with E-state index in [9.17, 15) is 4.79 Å². The first-order valence-electron chi connectivity index (χ1n) is 7.86. The second kappa shape index (κ2) is 8.41. The van der Waals surface area contributed by atoms with E-state index in [0.29, 0.717) is 28.0 Å². The summed E-state index contributed by atoms with van der Waals surface area (Å²) in [6, 6.07) is 9.10. The molecule has 2 rings (SSSR count). The van der Waals surface area contributed by atoms with Gasteiger partial charge in [0.1, 0.15) is 18.1 Å². The minimum absolute atomic E-state index is 0.245. The molecule has 0 aliphatic carbocycles. The van der Waals surface area contributed by atoms with Gasteiger partial charge in [0.2, 0.25) is 0 Å². The van der Waals surface area contributed by atoms with Crippen molar-refractivity contribution >= 4 is 29.2 Å². The van der Waals surface area contributed by atoms with E-state index in [1.54, 1.807) is 25.1 Å². The Morgan fingerprint density at radius 1 is 1.08 bits per heavy atom. The van der Waals surface area contributed by atoms with Crippen molar-refractivity contribution in [3.05, 3.63) is 57.1 Å². The number of aryl methyl sites for hydroxylation is 2. The van der Waals surface area contributed by atoms with Gasteiger partial charge in [0, 0.05) is 23.1 Å². The lowest BCUT2D eigenvalue weighted by atomic mass is 10.0. The maximum atomic E-state index is 11.6. The third-order valence-electron chi connectivity index (χ3n) is 3.71. The highest BCUT2D eigenvalue weighted by Gasteiger charge is 2.14. The molecular weight excluding hydrogens is 347 g/mol. The molecular formula is C19H20Cl2O3. The van der Waals surface area contributed by atoms with Crippen LogP contribution >= 0.6 is 23.2 Å². The third kappa shape index (κ3) is 4.43. The molecule has 0 heterocycles. The van der Waals surface area contributed by atoms with Crippen LogP contribution in [0.5, 0.6) is 11.5 Å². The van der Waals surface area contributed by atoms with Crippen LogP contribution in [-0.2, 0) is 17.8 Å². The highest BCUT2D eigenvalue weighted by molar-refractivity contribution is 6.34. The van der Waals surface area contributed by atoms with Gasteiger partial charge in [0.25, 0.3) is 0 Å². The van der Waals surface area contributed by atoms with Crippen molar-refractivity contribution in [2.45, 2.75) is 40.2 Å². The standard InChI is InChI=1S/C19H20Cl2O3/c1-4-13-7-6-8-17(24-19(22)5-2)14(13)11-23-18-10-15(20)12(3)9-16(18)21/h6-10H,4-5,11H2,1-3H3. The topological polar surface area (TPSA) is 35.5 Å². The Morgan fingerprint density at radius 2 is 1.83 bits per heavy atom. The van der Waals surface area contributed by atoms with E-state index in [1.807, 2.05) is 26.0 Å². The molecule has 0 spiro atoms. The SMILES string of the molecule is CCC(=O)Oc1cccc(CC)c1COc1cc(Cl)c(C)cc1Cl. The molecule has 0 amide bonds. The number of carbonyl (C=O) groups excluding carboxylic acids is 1. The van der Waals surface area contributed by atoms with Crippen LogP contribution in [0.3, 0.4) is 0 Å². The summed E-state index contributed by atoms with van der Waals surface area (Å²) in [5.41, 5.74) is 2.79. The first-order valence-corrected chi connectivity index (χ1v) is 8.61. The molecule has 0 radical (unpaired) electrons. The molecule has 0 saturated heterocycles. The molecule has 0 aromatic heterocycles. The predicted octanol–water partition coefficient (Wildman–Crippen LogP) is 5.76. The molecule has 0 saturated carbocycles. The van der Waals surface area contributed by atoms with Gasteiger partial charge in [-0.25, -0.2) is 0 Å². The number of halogens is 2. The number of hydrogen-bond donors (Lipinski definition) is 0. The second-order valence-corrected chi connectivity index (χ2v) is 6.21. The molecule has 3 nitrogen and oxygen atoms in total. The molecule has 128 valence electrons. The van der Waals surface area contributed by atoms with Crippen molar-refractivity contribution in [2.75, 3.05) is 0 Å². The van der Waals surface area contributed by atoms with E-state index in [0.717, 1.165) is 23.1 Å². The number of ether oxygens (including phenoxy) is 2. The lowest BCUT2D eigenvalue weighted by Crippen LogP contribution is -2.10. The Bertz CT molecular complexity index is 742. The van der Waals surface area contributed by atoms with Crippen LogP contribution in [-0.4, -0.2) is 5.97 Å². The zero-order valence-electron chi connectivity index (χ0n) is 14.0. The number of carbonyl (C=O) groups is 1. The Labute approximate surface area is 152 Å². The minimum Gasteiger partial charge on any atom is -0.487 e. The Hall–Kier alpha value is -1.71. The smallest absolute Gasteiger partial charge is 0.310 e. The van der Waals surface area contributed by atoms with Crippen LogP contribution in [0.2, 0.25) is 10.0 Å². The normalized spacial score (nSPS) is 10.5. The largest absolute Gasteiger partial charge is 0.487 e. The quantitative estimate of drug-likeness (QED) is 0.481. The summed E-state index contributed by atoms with van der Waals surface area (Å²) < 4.78 is 11.3. The molecule has 0 bridgehead atoms. The average molecular weight is 367 g/mol. The first kappa shape index (κ1) is 18.6. The molecule has 5 heteroatoms. The van der Waals surface area contributed by atoms with E-state index in [2.05, 4.69) is 0 Å². The van der Waals surface area contributed by atoms with Gasteiger partial charge in [-0.2, -0.15) is 0 Å². The van der Waals surface area contributed by atoms with Gasteiger partial charge >= 0.3 is 5.97 Å². The van der Waals surface area contributed by atoms with Gasteiger partial charge in [-0.05, 0) is 36.6 Å². The summed E-state index contributed by atoms with van der Waals surface area (Å²) in [5.74, 6) is 0.752. The fourth-order valence-corrected chi connectivity index (χ4v) is 2.71. The predicted molar refractivity (Wildman–Crippen MR) is 97.3 cm³/mol. The van der Waals surface area contributed by atoms with Gasteiger partial charge in [0.15, 0.2) is 0 Å². The fourth-order valence-electron chi connectivity index (χ4n) is 2.29. The van der Waals surface area contributed by atoms with Gasteiger partial charge in [-0.15, -0.1) is 0 Å². The fraction of sp³-hybridized carbons (Fsp3) is 0.316. The maximum absolute atomic E-state index is 11.6. The van der Waals surface area contributed by atoms with E-state index < -0.39 is 0 Å². The summed E-state index contributed by atoms with van der Waals surface area (Å²) in [4.78, 5) is 11.6. The van der Waals surface area contributed by atoms with Crippen LogP contribution < -0.4 is 9.47 Å². The van der Waals surface area contributed by atoms with Crippen LogP contribution in [0.25, 0.3) is 0 Å². The van der Waals surface area contributed by atoms with Crippen molar-refractivity contribution < 1.29 is 14.3 Å². The molecule has 0 aliphatic rings. The molecule has 2 aromatic rings. The van der Waals surface area contributed by atoms with Gasteiger partial charge < -0.3 is 9.47 Å². The van der Waals surface area contributed by atoms with Crippen molar-refractivity contribution in [1.82, 2.24) is 0 Å². The lowest BCUT2D eigenvalue weighted by Gasteiger charge is -2.16. The first-order chi connectivity index (χ1) is 11.5. The third-order valence-corrected chi connectivity index (χ3v) is 4.41. The second-order valence-electron chi connectivity index (χ2n) is 5.40. The molecule has 0 N–H and O–H groups in total. The zero-order chi connectivity index (χ0) is 17.7. The van der Waals surface area contributed by atoms with Crippen molar-refractivity contribution in [1.29, 1.82) is 0 Å². The van der Waals surface area contributed by atoms with Crippen LogP contribution in [0.4, 0.5) is 0 Å². The highest BCUT2D eigenvalue weighted by Crippen LogP contribution is 2.32. The molecule has 0 fully saturated rings. The molecule has 2 aromatic carbocycles. The van der Waals surface area contributed by atoms with Crippen LogP contribution in [0.1, 0.15) is 37.0 Å². The summed E-state index contributed by atoms with van der Waals surface area (Å²) in [6.45, 7) is 5.93. The average Bonchev–Trinajstić information content (AvgIpc) is 2.57. The molecule has 0 atom stereocenters. The summed E-state index contributed by atoms with van der Waals surface area (Å²) in [7, 11) is 0. The van der Waals surface area contributed by atoms with Gasteiger partial charge in [-0.1, -0.05) is 49.2 Å². The van der Waals surface area contributed by atoms with Crippen LogP contribution in [0.15, 0.2) is 30.3 Å². The molecule has 0 aliphatic heterocycles. The van der Waals surface area contributed by atoms with Crippen molar-refractivity contribution in [3.63, 3.8) is 0 Å². The summed E-state index contributed by atoms with van der Waals surface area (Å²) >= 11 is 12.4. The monoisotopic (exact) mass is 366 g/mol. The Kier molecular flexibility index (Phi) is 6.52. The molecule has 24 heavy (non-hydrogen) atoms. The number of hydrogen-bond acceptors (Lipinski definition) is 3. The minimum atomic E-state index is -0.277. The van der Waals surface area contributed by atoms with E-state index in [4.69, 9.17) is 32.7 Å². The summed E-state index contributed by atoms with van der Waals surface area (Å²) in [6.07, 6.45) is 1.12. The Morgan fingerprint density at radius 3 is 2.50 bits per heavy atom. The summed E-state index contributed by atoms with van der Waals surface area (Å²) in [5, 5.41) is 1.09. The van der Waals surface area contributed by atoms with Crippen molar-refractivity contribution in [2.24, 2.45) is 0 Å². The Balaban J connectivity index is 2.28. The molecule has 0 unspecified atom stereocenters. The maximum Gasteiger partial charge on any atom is 0.310 e. The van der Waals surface area contributed by atoms with Gasteiger partial charge in [-0.3, -0.25) is 4.79 Å². The highest BCUT2D eigenvalue weighted by atomic mass is 35.5. The van der Waals surface area contributed by atoms with E-state index in [-0.39, 0.29) is 12.6 Å². The van der Waals surface area contributed by atoms with Gasteiger partial charge in [0.05, 0.1) is 5.02 Å². The zero-order valence-corrected chi connectivity index (χ0v) is 15.5. The number of esters is 1. The van der Waals surface area contributed by atoms with E-state index >= 15 is 0 Å². The number of rotatable bonds is 6.